The second-order valence-electron chi connectivity index (χ2n) is 9.06. The standard InChI is InChI=1S/C23H21F4N7O3S/c1-10-12(9-28-34(10)2)11-4-5-14(16(6-11)38(3,36)37)29-15-7-17(31-22(35)13-8-23(13,26)27)30-20-18(15)32-21(33-20)19(24)25/h4-7,9,13,19H,8H2,1-3H3,(H3,29,30,31,32,33,35)/t13-/m0/s1. The Balaban J connectivity index is 1.58. The number of benzene rings is 1. The van der Waals surface area contributed by atoms with Crippen molar-refractivity contribution in [3.63, 3.8) is 0 Å². The van der Waals surface area contributed by atoms with E-state index in [0.29, 0.717) is 11.1 Å². The van der Waals surface area contributed by atoms with Gasteiger partial charge >= 0.3 is 0 Å². The summed E-state index contributed by atoms with van der Waals surface area (Å²) < 4.78 is 80.4. The number of pyridine rings is 1. The van der Waals surface area contributed by atoms with Gasteiger partial charge in [0.25, 0.3) is 12.3 Å². The second-order valence-corrected chi connectivity index (χ2v) is 11.0. The molecule has 1 aliphatic carbocycles. The lowest BCUT2D eigenvalue weighted by atomic mass is 10.1. The van der Waals surface area contributed by atoms with E-state index in [4.69, 9.17) is 0 Å². The van der Waals surface area contributed by atoms with Gasteiger partial charge in [0.05, 0.1) is 22.5 Å². The summed E-state index contributed by atoms with van der Waals surface area (Å²) in [6, 6.07) is 5.82. The number of anilines is 3. The number of alkyl halides is 4. The molecular formula is C23H21F4N7O3S. The Morgan fingerprint density at radius 2 is 1.92 bits per heavy atom. The van der Waals surface area contributed by atoms with E-state index in [-0.39, 0.29) is 33.3 Å². The highest BCUT2D eigenvalue weighted by Crippen LogP contribution is 2.49. The molecule has 0 saturated heterocycles. The summed E-state index contributed by atoms with van der Waals surface area (Å²) in [5.41, 5.74) is 1.99. The van der Waals surface area contributed by atoms with E-state index in [1.54, 1.807) is 24.0 Å². The molecule has 1 amide bonds. The molecule has 1 saturated carbocycles. The number of imidazole rings is 1. The van der Waals surface area contributed by atoms with Crippen molar-refractivity contribution in [1.29, 1.82) is 0 Å². The summed E-state index contributed by atoms with van der Waals surface area (Å²) in [5.74, 6) is -6.53. The number of hydrogen-bond donors (Lipinski definition) is 3. The van der Waals surface area contributed by atoms with Crippen LogP contribution in [0.4, 0.5) is 34.8 Å². The van der Waals surface area contributed by atoms with Crippen molar-refractivity contribution in [3.8, 4) is 11.1 Å². The number of carbonyl (C=O) groups is 1. The quantitative estimate of drug-likeness (QED) is 0.291. The van der Waals surface area contributed by atoms with Gasteiger partial charge in [0, 0.05) is 37.0 Å². The van der Waals surface area contributed by atoms with Gasteiger partial charge in [0.2, 0.25) is 5.91 Å². The highest BCUT2D eigenvalue weighted by atomic mass is 32.2. The predicted octanol–water partition coefficient (Wildman–Crippen LogP) is 4.35. The van der Waals surface area contributed by atoms with Crippen molar-refractivity contribution in [2.45, 2.75) is 30.6 Å². The first-order chi connectivity index (χ1) is 17.7. The zero-order valence-corrected chi connectivity index (χ0v) is 21.0. The molecule has 0 bridgehead atoms. The molecule has 38 heavy (non-hydrogen) atoms. The Bertz CT molecular complexity index is 1700. The number of aromatic nitrogens is 5. The SMILES string of the molecule is Cc1c(-c2ccc(Nc3cc(NC(=O)[C@@H]4CC4(F)F)nc4[nH]c(C(F)F)nc34)c(S(C)(=O)=O)c2)cnn1C. The summed E-state index contributed by atoms with van der Waals surface area (Å²) in [6.45, 7) is 1.83. The molecule has 1 atom stereocenters. The van der Waals surface area contributed by atoms with E-state index in [1.165, 1.54) is 18.2 Å². The maximum absolute atomic E-state index is 13.4. The van der Waals surface area contributed by atoms with Gasteiger partial charge in [-0.1, -0.05) is 6.07 Å². The summed E-state index contributed by atoms with van der Waals surface area (Å²) in [6.07, 6.45) is -0.967. The predicted molar refractivity (Wildman–Crippen MR) is 130 cm³/mol. The van der Waals surface area contributed by atoms with Crippen LogP contribution in [-0.4, -0.2) is 51.2 Å². The van der Waals surface area contributed by atoms with Gasteiger partial charge in [-0.15, -0.1) is 0 Å². The molecule has 1 fully saturated rings. The number of carbonyl (C=O) groups excluding carboxylic acids is 1. The Hall–Kier alpha value is -4.01. The van der Waals surface area contributed by atoms with E-state index in [2.05, 4.69) is 30.7 Å². The van der Waals surface area contributed by atoms with Gasteiger partial charge in [-0.3, -0.25) is 9.48 Å². The van der Waals surface area contributed by atoms with Crippen LogP contribution in [0.1, 0.15) is 24.4 Å². The molecule has 15 heteroatoms. The largest absolute Gasteiger partial charge is 0.352 e. The monoisotopic (exact) mass is 551 g/mol. The molecule has 1 aliphatic rings. The average Bonchev–Trinajstić information content (AvgIpc) is 3.12. The normalized spacial score (nSPS) is 16.7. The molecule has 3 N–H and O–H groups in total. The van der Waals surface area contributed by atoms with Crippen molar-refractivity contribution in [3.05, 3.63) is 42.0 Å². The molecule has 3 heterocycles. The first-order valence-electron chi connectivity index (χ1n) is 11.2. The van der Waals surface area contributed by atoms with Gasteiger partial charge < -0.3 is 15.6 Å². The van der Waals surface area contributed by atoms with Crippen LogP contribution in [0, 0.1) is 12.8 Å². The fourth-order valence-corrected chi connectivity index (χ4v) is 4.87. The Labute approximate surface area is 213 Å². The third-order valence-electron chi connectivity index (χ3n) is 6.27. The van der Waals surface area contributed by atoms with Crippen LogP contribution in [0.5, 0.6) is 0 Å². The van der Waals surface area contributed by atoms with Crippen LogP contribution in [0.3, 0.4) is 0 Å². The van der Waals surface area contributed by atoms with Crippen LogP contribution < -0.4 is 10.6 Å². The van der Waals surface area contributed by atoms with Gasteiger partial charge in [-0.2, -0.15) is 5.10 Å². The molecule has 4 aromatic rings. The first-order valence-corrected chi connectivity index (χ1v) is 13.1. The molecule has 0 unspecified atom stereocenters. The molecule has 200 valence electrons. The highest BCUT2D eigenvalue weighted by molar-refractivity contribution is 7.90. The summed E-state index contributed by atoms with van der Waals surface area (Å²) in [7, 11) is -2.05. The second kappa shape index (κ2) is 8.79. The highest BCUT2D eigenvalue weighted by Gasteiger charge is 2.61. The molecule has 0 radical (unpaired) electrons. The smallest absolute Gasteiger partial charge is 0.295 e. The molecule has 1 aromatic carbocycles. The lowest BCUT2D eigenvalue weighted by molar-refractivity contribution is -0.119. The number of H-pyrrole nitrogens is 1. The van der Waals surface area contributed by atoms with Crippen molar-refractivity contribution >= 4 is 44.1 Å². The van der Waals surface area contributed by atoms with E-state index in [9.17, 15) is 30.8 Å². The number of rotatable bonds is 7. The van der Waals surface area contributed by atoms with Crippen LogP contribution in [0.2, 0.25) is 0 Å². The van der Waals surface area contributed by atoms with Crippen LogP contribution in [-0.2, 0) is 21.7 Å². The summed E-state index contributed by atoms with van der Waals surface area (Å²) >= 11 is 0. The molecule has 0 aliphatic heterocycles. The number of halogens is 4. The van der Waals surface area contributed by atoms with Crippen molar-refractivity contribution in [1.82, 2.24) is 24.7 Å². The van der Waals surface area contributed by atoms with Crippen LogP contribution >= 0.6 is 0 Å². The van der Waals surface area contributed by atoms with Crippen LogP contribution in [0.15, 0.2) is 35.4 Å². The van der Waals surface area contributed by atoms with Gasteiger partial charge in [0.15, 0.2) is 21.3 Å². The number of aromatic amines is 1. The molecule has 3 aromatic heterocycles. The minimum atomic E-state index is -3.80. The Morgan fingerprint density at radius 3 is 2.50 bits per heavy atom. The van der Waals surface area contributed by atoms with Crippen molar-refractivity contribution < 1.29 is 30.8 Å². The van der Waals surface area contributed by atoms with E-state index in [1.807, 2.05) is 6.92 Å². The third-order valence-corrected chi connectivity index (χ3v) is 7.41. The molecule has 10 nitrogen and oxygen atoms in total. The minimum absolute atomic E-state index is 0.0196. The number of nitrogens with one attached hydrogen (secondary N) is 3. The fraction of sp³-hybridized carbons (Fsp3) is 0.304. The topological polar surface area (TPSA) is 135 Å². The average molecular weight is 552 g/mol. The maximum Gasteiger partial charge on any atom is 0.295 e. The summed E-state index contributed by atoms with van der Waals surface area (Å²) in [5, 5.41) is 9.32. The third kappa shape index (κ3) is 4.68. The lowest BCUT2D eigenvalue weighted by Gasteiger charge is -2.14. The maximum atomic E-state index is 13.4. The summed E-state index contributed by atoms with van der Waals surface area (Å²) in [4.78, 5) is 22.3. The van der Waals surface area contributed by atoms with Gasteiger partial charge in [-0.05, 0) is 24.6 Å². The van der Waals surface area contributed by atoms with E-state index >= 15 is 0 Å². The zero-order chi connectivity index (χ0) is 27.6. The van der Waals surface area contributed by atoms with Crippen LogP contribution in [0.25, 0.3) is 22.3 Å². The fourth-order valence-electron chi connectivity index (χ4n) is 4.01. The number of sulfone groups is 1. The van der Waals surface area contributed by atoms with Gasteiger partial charge in [-0.25, -0.2) is 35.9 Å². The lowest BCUT2D eigenvalue weighted by Crippen LogP contribution is -2.18. The molecule has 0 spiro atoms. The number of amides is 1. The number of aryl methyl sites for hydroxylation is 1. The van der Waals surface area contributed by atoms with E-state index in [0.717, 1.165) is 11.9 Å². The van der Waals surface area contributed by atoms with Gasteiger partial charge in [0.1, 0.15) is 17.3 Å². The van der Waals surface area contributed by atoms with Crippen molar-refractivity contribution in [2.24, 2.45) is 13.0 Å². The minimum Gasteiger partial charge on any atom is -0.352 e. The Morgan fingerprint density at radius 1 is 1.21 bits per heavy atom. The first kappa shape index (κ1) is 25.6. The molecule has 5 rings (SSSR count). The number of hydrogen-bond acceptors (Lipinski definition) is 7. The van der Waals surface area contributed by atoms with Crippen molar-refractivity contribution in [2.75, 3.05) is 16.9 Å². The zero-order valence-electron chi connectivity index (χ0n) is 20.2. The van der Waals surface area contributed by atoms with E-state index < -0.39 is 46.3 Å². The number of fused-ring (bicyclic) bond motifs is 1. The number of nitrogens with zero attached hydrogens (tertiary/aromatic N) is 4. The Kier molecular flexibility index (Phi) is 5.93. The molecular weight excluding hydrogens is 530 g/mol.